The summed E-state index contributed by atoms with van der Waals surface area (Å²) in [5.74, 6) is 1.97. The lowest BCUT2D eigenvalue weighted by Gasteiger charge is -2.06. The zero-order valence-corrected chi connectivity index (χ0v) is 15.8. The van der Waals surface area contributed by atoms with Crippen LogP contribution >= 0.6 is 0 Å². The molecule has 29 heavy (non-hydrogen) atoms. The van der Waals surface area contributed by atoms with Crippen LogP contribution in [0.1, 0.15) is 30.2 Å². The summed E-state index contributed by atoms with van der Waals surface area (Å²) in [6.45, 7) is 2.60. The molecule has 2 aromatic carbocycles. The Balaban J connectivity index is 1.56. The van der Waals surface area contributed by atoms with Crippen LogP contribution in [-0.4, -0.2) is 27.2 Å². The Morgan fingerprint density at radius 2 is 2.03 bits per heavy atom. The van der Waals surface area contributed by atoms with Crippen molar-refractivity contribution in [3.05, 3.63) is 69.6 Å². The van der Waals surface area contributed by atoms with Gasteiger partial charge in [0.25, 0.3) is 0 Å². The number of fused-ring (bicyclic) bond motifs is 2. The number of tetrazole rings is 1. The summed E-state index contributed by atoms with van der Waals surface area (Å²) >= 11 is 0. The summed E-state index contributed by atoms with van der Waals surface area (Å²) in [7, 11) is 0. The molecule has 7 nitrogen and oxygen atoms in total. The molecule has 0 unspecified atom stereocenters. The van der Waals surface area contributed by atoms with Crippen LogP contribution in [0.5, 0.6) is 5.75 Å². The topological polar surface area (TPSA) is 93.9 Å². The predicted octanol–water partition coefficient (Wildman–Crippen LogP) is 3.86. The lowest BCUT2D eigenvalue weighted by Crippen LogP contribution is -2.08. The van der Waals surface area contributed by atoms with Gasteiger partial charge in [0.15, 0.2) is 5.43 Å². The van der Waals surface area contributed by atoms with E-state index in [2.05, 4.69) is 26.7 Å². The smallest absolute Gasteiger partial charge is 0.204 e. The highest BCUT2D eigenvalue weighted by Crippen LogP contribution is 2.34. The van der Waals surface area contributed by atoms with E-state index in [0.29, 0.717) is 35.6 Å². The summed E-state index contributed by atoms with van der Waals surface area (Å²) in [6, 6.07) is 13.3. The molecule has 7 heteroatoms. The Kier molecular flexibility index (Phi) is 4.20. The van der Waals surface area contributed by atoms with Gasteiger partial charge in [0.05, 0.1) is 12.0 Å². The quantitative estimate of drug-likeness (QED) is 0.572. The maximum Gasteiger partial charge on any atom is 0.204 e. The molecule has 0 radical (unpaired) electrons. The van der Waals surface area contributed by atoms with E-state index < -0.39 is 0 Å². The maximum absolute atomic E-state index is 13.1. The van der Waals surface area contributed by atoms with Gasteiger partial charge in [0.1, 0.15) is 17.1 Å². The first-order valence-corrected chi connectivity index (χ1v) is 9.50. The van der Waals surface area contributed by atoms with E-state index in [1.807, 2.05) is 37.3 Å². The van der Waals surface area contributed by atoms with Crippen LogP contribution in [0.25, 0.3) is 34.0 Å². The van der Waals surface area contributed by atoms with Crippen LogP contribution in [0.15, 0.2) is 51.7 Å². The largest absolute Gasteiger partial charge is 0.494 e. The minimum atomic E-state index is 0.00156. The van der Waals surface area contributed by atoms with E-state index in [9.17, 15) is 4.79 Å². The number of aromatic nitrogens is 4. The first-order valence-electron chi connectivity index (χ1n) is 9.50. The van der Waals surface area contributed by atoms with Crippen LogP contribution in [0.2, 0.25) is 0 Å². The van der Waals surface area contributed by atoms with Crippen LogP contribution in [-0.2, 0) is 6.42 Å². The van der Waals surface area contributed by atoms with Crippen LogP contribution < -0.4 is 10.2 Å². The number of ether oxygens (including phenoxy) is 1. The molecule has 0 amide bonds. The average molecular weight is 386 g/mol. The number of hydrogen-bond acceptors (Lipinski definition) is 6. The fourth-order valence-corrected chi connectivity index (χ4v) is 3.68. The summed E-state index contributed by atoms with van der Waals surface area (Å²) in [5.41, 5.74) is 4.08. The molecule has 1 aliphatic rings. The molecular formula is C22H18N4O3. The van der Waals surface area contributed by atoms with Crippen LogP contribution in [0.4, 0.5) is 0 Å². The molecule has 4 aromatic rings. The number of aromatic amines is 1. The van der Waals surface area contributed by atoms with E-state index in [1.54, 1.807) is 12.1 Å². The SMILES string of the molecule is CCOc1ccc(C=C2CCc3c2oc2ccc(-c4nn[nH]n4)cc2c3=O)cc1. The number of H-pyrrole nitrogens is 1. The van der Waals surface area contributed by atoms with E-state index in [0.717, 1.165) is 34.4 Å². The number of rotatable bonds is 4. The van der Waals surface area contributed by atoms with Gasteiger partial charge >= 0.3 is 0 Å². The second kappa shape index (κ2) is 7.01. The van der Waals surface area contributed by atoms with Crippen molar-refractivity contribution in [3.63, 3.8) is 0 Å². The number of benzene rings is 2. The number of nitrogens with zero attached hydrogens (tertiary/aromatic N) is 3. The van der Waals surface area contributed by atoms with Gasteiger partial charge in [-0.2, -0.15) is 5.21 Å². The molecule has 0 aliphatic heterocycles. The molecule has 0 atom stereocenters. The van der Waals surface area contributed by atoms with Crippen molar-refractivity contribution in [1.82, 2.24) is 20.6 Å². The van der Waals surface area contributed by atoms with E-state index >= 15 is 0 Å². The molecule has 2 aromatic heterocycles. The molecule has 0 spiro atoms. The second-order valence-electron chi connectivity index (χ2n) is 6.86. The minimum Gasteiger partial charge on any atom is -0.494 e. The molecule has 1 aliphatic carbocycles. The molecule has 0 saturated carbocycles. The van der Waals surface area contributed by atoms with Crippen molar-refractivity contribution >= 4 is 22.6 Å². The van der Waals surface area contributed by atoms with Crippen molar-refractivity contribution in [2.45, 2.75) is 19.8 Å². The van der Waals surface area contributed by atoms with Gasteiger partial charge in [-0.05, 0) is 72.5 Å². The zero-order valence-electron chi connectivity index (χ0n) is 15.8. The van der Waals surface area contributed by atoms with Crippen LogP contribution in [0, 0.1) is 0 Å². The number of nitrogens with one attached hydrogen (secondary N) is 1. The lowest BCUT2D eigenvalue weighted by atomic mass is 10.1. The molecule has 144 valence electrons. The van der Waals surface area contributed by atoms with Crippen molar-refractivity contribution in [2.24, 2.45) is 0 Å². The fraction of sp³-hybridized carbons (Fsp3) is 0.182. The monoisotopic (exact) mass is 386 g/mol. The third kappa shape index (κ3) is 3.10. The lowest BCUT2D eigenvalue weighted by molar-refractivity contribution is 0.340. The normalized spacial score (nSPS) is 14.4. The van der Waals surface area contributed by atoms with Gasteiger partial charge in [-0.15, -0.1) is 10.2 Å². The Labute approximate surface area is 166 Å². The highest BCUT2D eigenvalue weighted by molar-refractivity contribution is 5.88. The summed E-state index contributed by atoms with van der Waals surface area (Å²) in [5, 5.41) is 14.5. The predicted molar refractivity (Wildman–Crippen MR) is 109 cm³/mol. The number of hydrogen-bond donors (Lipinski definition) is 1. The molecule has 0 saturated heterocycles. The van der Waals surface area contributed by atoms with Crippen molar-refractivity contribution in [1.29, 1.82) is 0 Å². The Morgan fingerprint density at radius 3 is 2.79 bits per heavy atom. The highest BCUT2D eigenvalue weighted by Gasteiger charge is 2.24. The van der Waals surface area contributed by atoms with Crippen molar-refractivity contribution < 1.29 is 9.15 Å². The van der Waals surface area contributed by atoms with Crippen molar-refractivity contribution in [2.75, 3.05) is 6.61 Å². The third-order valence-electron chi connectivity index (χ3n) is 5.06. The van der Waals surface area contributed by atoms with Gasteiger partial charge in [-0.3, -0.25) is 4.79 Å². The first-order chi connectivity index (χ1) is 14.2. The molecule has 0 bridgehead atoms. The van der Waals surface area contributed by atoms with Crippen LogP contribution in [0.3, 0.4) is 0 Å². The first kappa shape index (κ1) is 17.4. The second-order valence-corrected chi connectivity index (χ2v) is 6.86. The molecule has 1 N–H and O–H groups in total. The van der Waals surface area contributed by atoms with Gasteiger partial charge in [0, 0.05) is 11.1 Å². The minimum absolute atomic E-state index is 0.00156. The van der Waals surface area contributed by atoms with E-state index in [4.69, 9.17) is 9.15 Å². The zero-order chi connectivity index (χ0) is 19.8. The van der Waals surface area contributed by atoms with E-state index in [-0.39, 0.29) is 5.43 Å². The molecular weight excluding hydrogens is 368 g/mol. The fourth-order valence-electron chi connectivity index (χ4n) is 3.68. The third-order valence-corrected chi connectivity index (χ3v) is 5.06. The maximum atomic E-state index is 13.1. The van der Waals surface area contributed by atoms with Gasteiger partial charge < -0.3 is 9.15 Å². The van der Waals surface area contributed by atoms with Crippen molar-refractivity contribution in [3.8, 4) is 17.1 Å². The number of allylic oxidation sites excluding steroid dienone is 1. The highest BCUT2D eigenvalue weighted by atomic mass is 16.5. The standard InChI is InChI=1S/C22H18N4O3/c1-2-28-16-7-3-13(4-8-16)11-14-5-9-17-20(27)18-12-15(22-23-25-26-24-22)6-10-19(18)29-21(14)17/h3-4,6-8,10-12H,2,5,9H2,1H3,(H,23,24,25,26). The summed E-state index contributed by atoms with van der Waals surface area (Å²) in [4.78, 5) is 13.1. The molecule has 5 rings (SSSR count). The Hall–Kier alpha value is -3.74. The summed E-state index contributed by atoms with van der Waals surface area (Å²) < 4.78 is 11.6. The average Bonchev–Trinajstić information content (AvgIpc) is 3.41. The molecule has 0 fully saturated rings. The Bertz CT molecular complexity index is 1270. The molecule has 2 heterocycles. The summed E-state index contributed by atoms with van der Waals surface area (Å²) in [6.07, 6.45) is 3.52. The van der Waals surface area contributed by atoms with Gasteiger partial charge in [-0.25, -0.2) is 0 Å². The Morgan fingerprint density at radius 1 is 1.17 bits per heavy atom. The van der Waals surface area contributed by atoms with E-state index in [1.165, 1.54) is 0 Å². The van der Waals surface area contributed by atoms with Gasteiger partial charge in [0.2, 0.25) is 5.82 Å². The van der Waals surface area contributed by atoms with Gasteiger partial charge in [-0.1, -0.05) is 12.1 Å².